The largest absolute Gasteiger partial charge is 0.481 e. The highest BCUT2D eigenvalue weighted by Crippen LogP contribution is 2.21. The number of anilines is 2. The Kier molecular flexibility index (Phi) is 6.75. The minimum Gasteiger partial charge on any atom is -0.481 e. The number of carbonyl (C=O) groups is 2. The standard InChI is InChI=1S/C24H23ClN2O3/c1-15-8-11-19(14-16(15)2)26-24(29)21-6-4-5-7-22(21)27-23(28)17(3)30-20-12-9-18(25)10-13-20/h4-14,17H,1-3H3,(H,26,29)(H,27,28). The number of amides is 2. The first-order valence-electron chi connectivity index (χ1n) is 9.54. The van der Waals surface area contributed by atoms with E-state index in [9.17, 15) is 9.59 Å². The number of nitrogens with one attached hydrogen (secondary N) is 2. The summed E-state index contributed by atoms with van der Waals surface area (Å²) in [6.45, 7) is 5.64. The number of carbonyl (C=O) groups excluding carboxylic acids is 2. The lowest BCUT2D eigenvalue weighted by Crippen LogP contribution is -2.31. The van der Waals surface area contributed by atoms with Crippen molar-refractivity contribution < 1.29 is 14.3 Å². The van der Waals surface area contributed by atoms with Gasteiger partial charge in [0.05, 0.1) is 11.3 Å². The van der Waals surface area contributed by atoms with Gasteiger partial charge in [-0.05, 0) is 80.4 Å². The number of benzene rings is 3. The van der Waals surface area contributed by atoms with Crippen molar-refractivity contribution in [2.75, 3.05) is 10.6 Å². The number of aryl methyl sites for hydroxylation is 2. The zero-order valence-electron chi connectivity index (χ0n) is 17.0. The van der Waals surface area contributed by atoms with Gasteiger partial charge in [0.1, 0.15) is 5.75 Å². The number of halogens is 1. The van der Waals surface area contributed by atoms with Crippen molar-refractivity contribution in [2.45, 2.75) is 26.9 Å². The molecule has 0 aliphatic carbocycles. The maximum Gasteiger partial charge on any atom is 0.265 e. The van der Waals surface area contributed by atoms with E-state index in [2.05, 4.69) is 10.6 Å². The molecule has 5 nitrogen and oxygen atoms in total. The molecule has 0 aromatic heterocycles. The normalized spacial score (nSPS) is 11.5. The molecule has 1 unspecified atom stereocenters. The lowest BCUT2D eigenvalue weighted by atomic mass is 10.1. The predicted molar refractivity (Wildman–Crippen MR) is 120 cm³/mol. The quantitative estimate of drug-likeness (QED) is 0.542. The van der Waals surface area contributed by atoms with Crippen molar-refractivity contribution in [3.8, 4) is 5.75 Å². The van der Waals surface area contributed by atoms with Gasteiger partial charge in [0.2, 0.25) is 0 Å². The maximum absolute atomic E-state index is 12.8. The highest BCUT2D eigenvalue weighted by Gasteiger charge is 2.18. The minimum atomic E-state index is -0.762. The molecule has 154 valence electrons. The fourth-order valence-corrected chi connectivity index (χ4v) is 2.94. The number of para-hydroxylation sites is 1. The van der Waals surface area contributed by atoms with Crippen LogP contribution in [0.5, 0.6) is 5.75 Å². The summed E-state index contributed by atoms with van der Waals surface area (Å²) in [5.41, 5.74) is 3.71. The first kappa shape index (κ1) is 21.4. The van der Waals surface area contributed by atoms with Gasteiger partial charge < -0.3 is 15.4 Å². The van der Waals surface area contributed by atoms with Crippen LogP contribution < -0.4 is 15.4 Å². The molecular formula is C24H23ClN2O3. The van der Waals surface area contributed by atoms with Crippen LogP contribution in [0.3, 0.4) is 0 Å². The van der Waals surface area contributed by atoms with E-state index in [-0.39, 0.29) is 11.8 Å². The van der Waals surface area contributed by atoms with Gasteiger partial charge in [0, 0.05) is 10.7 Å². The Balaban J connectivity index is 1.70. The molecule has 3 aromatic rings. The first-order chi connectivity index (χ1) is 14.3. The van der Waals surface area contributed by atoms with Gasteiger partial charge in [0.25, 0.3) is 11.8 Å². The molecule has 3 rings (SSSR count). The molecule has 0 bridgehead atoms. The van der Waals surface area contributed by atoms with Gasteiger partial charge in [-0.2, -0.15) is 0 Å². The van der Waals surface area contributed by atoms with Gasteiger partial charge in [-0.25, -0.2) is 0 Å². The number of rotatable bonds is 6. The molecule has 2 amide bonds. The summed E-state index contributed by atoms with van der Waals surface area (Å²) >= 11 is 5.87. The Hall–Kier alpha value is -3.31. The van der Waals surface area contributed by atoms with E-state index in [4.69, 9.17) is 16.3 Å². The summed E-state index contributed by atoms with van der Waals surface area (Å²) in [5.74, 6) is -0.139. The van der Waals surface area contributed by atoms with Crippen molar-refractivity contribution in [3.05, 3.63) is 88.4 Å². The molecule has 0 spiro atoms. The van der Waals surface area contributed by atoms with Crippen LogP contribution in [0.4, 0.5) is 11.4 Å². The Bertz CT molecular complexity index is 1060. The second-order valence-corrected chi connectivity index (χ2v) is 7.44. The average Bonchev–Trinajstić information content (AvgIpc) is 2.72. The summed E-state index contributed by atoms with van der Waals surface area (Å²) in [6.07, 6.45) is -0.762. The highest BCUT2D eigenvalue weighted by molar-refractivity contribution is 6.30. The SMILES string of the molecule is Cc1ccc(NC(=O)c2ccccc2NC(=O)C(C)Oc2ccc(Cl)cc2)cc1C. The average molecular weight is 423 g/mol. The minimum absolute atomic E-state index is 0.305. The van der Waals surface area contributed by atoms with E-state index in [1.807, 2.05) is 32.0 Å². The van der Waals surface area contributed by atoms with Gasteiger partial charge in [-0.1, -0.05) is 29.8 Å². The van der Waals surface area contributed by atoms with Crippen LogP contribution in [-0.4, -0.2) is 17.9 Å². The van der Waals surface area contributed by atoms with Crippen LogP contribution in [0.25, 0.3) is 0 Å². The van der Waals surface area contributed by atoms with Crippen molar-refractivity contribution in [3.63, 3.8) is 0 Å². The van der Waals surface area contributed by atoms with E-state index >= 15 is 0 Å². The molecule has 0 fully saturated rings. The molecule has 0 aliphatic heterocycles. The van der Waals surface area contributed by atoms with Crippen molar-refractivity contribution in [1.29, 1.82) is 0 Å². The molecule has 0 saturated heterocycles. The van der Waals surface area contributed by atoms with Crippen LogP contribution in [0.15, 0.2) is 66.7 Å². The zero-order chi connectivity index (χ0) is 21.7. The molecule has 3 aromatic carbocycles. The fourth-order valence-electron chi connectivity index (χ4n) is 2.81. The van der Waals surface area contributed by atoms with Crippen molar-refractivity contribution >= 4 is 34.8 Å². The third-order valence-corrected chi connectivity index (χ3v) is 4.94. The Morgan fingerprint density at radius 3 is 2.30 bits per heavy atom. The summed E-state index contributed by atoms with van der Waals surface area (Å²) in [4.78, 5) is 25.4. The van der Waals surface area contributed by atoms with Crippen LogP contribution in [0.1, 0.15) is 28.4 Å². The summed E-state index contributed by atoms with van der Waals surface area (Å²) in [5, 5.41) is 6.24. The van der Waals surface area contributed by atoms with Gasteiger partial charge in [-0.3, -0.25) is 9.59 Å². The number of hydrogen-bond acceptors (Lipinski definition) is 3. The number of hydrogen-bond donors (Lipinski definition) is 2. The van der Waals surface area contributed by atoms with Crippen LogP contribution in [0, 0.1) is 13.8 Å². The van der Waals surface area contributed by atoms with Crippen molar-refractivity contribution in [2.24, 2.45) is 0 Å². The van der Waals surface area contributed by atoms with Crippen LogP contribution in [-0.2, 0) is 4.79 Å². The van der Waals surface area contributed by atoms with E-state index in [0.717, 1.165) is 11.1 Å². The predicted octanol–water partition coefficient (Wildman–Crippen LogP) is 5.62. The second kappa shape index (κ2) is 9.46. The number of ether oxygens (including phenoxy) is 1. The lowest BCUT2D eigenvalue weighted by Gasteiger charge is -2.16. The topological polar surface area (TPSA) is 67.4 Å². The van der Waals surface area contributed by atoms with Crippen LogP contribution >= 0.6 is 11.6 Å². The van der Waals surface area contributed by atoms with E-state index in [1.54, 1.807) is 55.5 Å². The molecule has 2 N–H and O–H groups in total. The molecule has 0 saturated carbocycles. The van der Waals surface area contributed by atoms with Gasteiger partial charge in [-0.15, -0.1) is 0 Å². The Morgan fingerprint density at radius 1 is 0.900 bits per heavy atom. The Labute approximate surface area is 181 Å². The van der Waals surface area contributed by atoms with E-state index in [0.29, 0.717) is 27.7 Å². The van der Waals surface area contributed by atoms with Crippen molar-refractivity contribution in [1.82, 2.24) is 0 Å². The third kappa shape index (κ3) is 5.39. The van der Waals surface area contributed by atoms with E-state index < -0.39 is 6.10 Å². The molecule has 1 atom stereocenters. The van der Waals surface area contributed by atoms with Gasteiger partial charge in [0.15, 0.2) is 6.10 Å². The molecule has 30 heavy (non-hydrogen) atoms. The zero-order valence-corrected chi connectivity index (χ0v) is 17.8. The summed E-state index contributed by atoms with van der Waals surface area (Å²) in [7, 11) is 0. The van der Waals surface area contributed by atoms with Crippen LogP contribution in [0.2, 0.25) is 5.02 Å². The summed E-state index contributed by atoms with van der Waals surface area (Å²) in [6, 6.07) is 19.3. The van der Waals surface area contributed by atoms with Gasteiger partial charge >= 0.3 is 0 Å². The molecule has 0 heterocycles. The van der Waals surface area contributed by atoms with E-state index in [1.165, 1.54) is 0 Å². The maximum atomic E-state index is 12.8. The Morgan fingerprint density at radius 2 is 1.60 bits per heavy atom. The smallest absolute Gasteiger partial charge is 0.265 e. The molecule has 0 aliphatic rings. The molecule has 0 radical (unpaired) electrons. The monoisotopic (exact) mass is 422 g/mol. The molecular weight excluding hydrogens is 400 g/mol. The second-order valence-electron chi connectivity index (χ2n) is 7.00. The third-order valence-electron chi connectivity index (χ3n) is 4.69. The highest BCUT2D eigenvalue weighted by atomic mass is 35.5. The first-order valence-corrected chi connectivity index (χ1v) is 9.92. The summed E-state index contributed by atoms with van der Waals surface area (Å²) < 4.78 is 5.65. The fraction of sp³-hybridized carbons (Fsp3) is 0.167. The molecule has 6 heteroatoms. The lowest BCUT2D eigenvalue weighted by molar-refractivity contribution is -0.122.